The Morgan fingerprint density at radius 2 is 2.04 bits per heavy atom. The smallest absolute Gasteiger partial charge is 0.267 e. The molecule has 2 aromatic heterocycles. The van der Waals surface area contributed by atoms with Gasteiger partial charge in [-0.25, -0.2) is 14.5 Å². The molecule has 0 bridgehead atoms. The van der Waals surface area contributed by atoms with Crippen LogP contribution >= 0.6 is 11.8 Å². The third kappa shape index (κ3) is 3.83. The Balaban J connectivity index is 2.08. The lowest BCUT2D eigenvalue weighted by molar-refractivity contribution is -0.118. The van der Waals surface area contributed by atoms with Crippen molar-refractivity contribution in [3.05, 3.63) is 71.2 Å². The van der Waals surface area contributed by atoms with E-state index >= 15 is 0 Å². The molecule has 0 aliphatic heterocycles. The number of thioether (sulfide) groups is 1. The van der Waals surface area contributed by atoms with Crippen molar-refractivity contribution in [3.63, 3.8) is 0 Å². The Labute approximate surface area is 155 Å². The van der Waals surface area contributed by atoms with Gasteiger partial charge in [-0.1, -0.05) is 36.0 Å². The quantitative estimate of drug-likeness (QED) is 0.412. The summed E-state index contributed by atoms with van der Waals surface area (Å²) >= 11 is 1.20. The third-order valence-electron chi connectivity index (χ3n) is 3.62. The number of hydrogen-bond donors (Lipinski definition) is 1. The molecule has 3 aromatic rings. The van der Waals surface area contributed by atoms with Crippen LogP contribution in [0.1, 0.15) is 5.69 Å². The lowest BCUT2D eigenvalue weighted by Gasteiger charge is -2.12. The lowest BCUT2D eigenvalue weighted by Crippen LogP contribution is -2.26. The molecule has 1 aromatic carbocycles. The van der Waals surface area contributed by atoms with Crippen molar-refractivity contribution in [2.24, 2.45) is 0 Å². The minimum atomic E-state index is -0.206. The van der Waals surface area contributed by atoms with E-state index in [2.05, 4.69) is 21.9 Å². The molecule has 26 heavy (non-hydrogen) atoms. The molecule has 0 atom stereocenters. The van der Waals surface area contributed by atoms with Crippen LogP contribution in [0.4, 0.5) is 0 Å². The number of para-hydroxylation sites is 1. The van der Waals surface area contributed by atoms with Gasteiger partial charge in [0.2, 0.25) is 5.91 Å². The Morgan fingerprint density at radius 1 is 1.23 bits per heavy atom. The molecule has 0 saturated carbocycles. The van der Waals surface area contributed by atoms with Gasteiger partial charge in [0.1, 0.15) is 5.82 Å². The predicted molar refractivity (Wildman–Crippen MR) is 104 cm³/mol. The van der Waals surface area contributed by atoms with E-state index in [0.717, 1.165) is 5.69 Å². The molecule has 0 unspecified atom stereocenters. The largest absolute Gasteiger partial charge is 0.352 e. The van der Waals surface area contributed by atoms with Crippen molar-refractivity contribution in [3.8, 4) is 5.82 Å². The molecule has 1 N–H and O–H groups in total. The molecule has 0 saturated heterocycles. The van der Waals surface area contributed by atoms with Gasteiger partial charge in [0, 0.05) is 12.2 Å². The number of carbonyl (C=O) groups is 1. The highest BCUT2D eigenvalue weighted by molar-refractivity contribution is 7.99. The second-order valence-electron chi connectivity index (χ2n) is 5.57. The number of hydrogen-bond acceptors (Lipinski definition) is 5. The van der Waals surface area contributed by atoms with E-state index in [4.69, 9.17) is 0 Å². The molecular weight excluding hydrogens is 348 g/mol. The molecule has 0 spiro atoms. The number of amides is 1. The molecule has 0 radical (unpaired) electrons. The zero-order chi connectivity index (χ0) is 18.5. The summed E-state index contributed by atoms with van der Waals surface area (Å²) in [4.78, 5) is 34.0. The van der Waals surface area contributed by atoms with Crippen molar-refractivity contribution in [2.45, 2.75) is 12.1 Å². The second kappa shape index (κ2) is 7.97. The zero-order valence-electron chi connectivity index (χ0n) is 14.3. The molecule has 2 heterocycles. The second-order valence-corrected chi connectivity index (χ2v) is 6.51. The SMILES string of the molecule is C=CCNC(=O)CSc1nc2ccccc2c(=O)n1-c1cccc(C)n1. The first-order valence-corrected chi connectivity index (χ1v) is 9.05. The highest BCUT2D eigenvalue weighted by atomic mass is 32.2. The highest BCUT2D eigenvalue weighted by Gasteiger charge is 2.15. The number of fused-ring (bicyclic) bond motifs is 1. The highest BCUT2D eigenvalue weighted by Crippen LogP contribution is 2.20. The summed E-state index contributed by atoms with van der Waals surface area (Å²) in [7, 11) is 0. The van der Waals surface area contributed by atoms with Crippen LogP contribution in [0.2, 0.25) is 0 Å². The van der Waals surface area contributed by atoms with Gasteiger partial charge >= 0.3 is 0 Å². The Hall–Kier alpha value is -2.93. The van der Waals surface area contributed by atoms with Gasteiger partial charge in [0.15, 0.2) is 5.16 Å². The lowest BCUT2D eigenvalue weighted by atomic mass is 10.2. The molecule has 7 heteroatoms. The van der Waals surface area contributed by atoms with Crippen LogP contribution in [-0.2, 0) is 4.79 Å². The van der Waals surface area contributed by atoms with Crippen LogP contribution in [0.15, 0.2) is 65.1 Å². The van der Waals surface area contributed by atoms with Gasteiger partial charge in [-0.15, -0.1) is 6.58 Å². The zero-order valence-corrected chi connectivity index (χ0v) is 15.1. The van der Waals surface area contributed by atoms with Gasteiger partial charge in [-0.3, -0.25) is 9.59 Å². The first kappa shape index (κ1) is 17.9. The number of aryl methyl sites for hydroxylation is 1. The van der Waals surface area contributed by atoms with E-state index in [1.54, 1.807) is 30.3 Å². The molecular formula is C19H18N4O2S. The summed E-state index contributed by atoms with van der Waals surface area (Å²) < 4.78 is 1.46. The normalized spacial score (nSPS) is 10.7. The Morgan fingerprint density at radius 3 is 2.81 bits per heavy atom. The van der Waals surface area contributed by atoms with Crippen molar-refractivity contribution in [1.29, 1.82) is 0 Å². The monoisotopic (exact) mass is 366 g/mol. The maximum absolute atomic E-state index is 13.0. The van der Waals surface area contributed by atoms with Crippen molar-refractivity contribution in [1.82, 2.24) is 19.9 Å². The summed E-state index contributed by atoms with van der Waals surface area (Å²) in [6, 6.07) is 12.6. The van der Waals surface area contributed by atoms with E-state index < -0.39 is 0 Å². The Bertz CT molecular complexity index is 1030. The standard InChI is InChI=1S/C19H18N4O2S/c1-3-11-20-17(24)12-26-19-22-15-9-5-4-8-14(15)18(25)23(19)16-10-6-7-13(2)21-16/h3-10H,1,11-12H2,2H3,(H,20,24). The van der Waals surface area contributed by atoms with Crippen LogP contribution < -0.4 is 10.9 Å². The van der Waals surface area contributed by atoms with Crippen LogP contribution in [0.25, 0.3) is 16.7 Å². The maximum Gasteiger partial charge on any atom is 0.267 e. The average molecular weight is 366 g/mol. The molecule has 3 rings (SSSR count). The first-order valence-electron chi connectivity index (χ1n) is 8.06. The molecule has 0 fully saturated rings. The fourth-order valence-electron chi connectivity index (χ4n) is 2.43. The number of pyridine rings is 1. The van der Waals surface area contributed by atoms with E-state index in [1.165, 1.54) is 16.3 Å². The van der Waals surface area contributed by atoms with Gasteiger partial charge in [-0.05, 0) is 31.2 Å². The van der Waals surface area contributed by atoms with E-state index in [0.29, 0.717) is 28.4 Å². The number of aromatic nitrogens is 3. The summed E-state index contributed by atoms with van der Waals surface area (Å²) in [5.74, 6) is 0.480. The fourth-order valence-corrected chi connectivity index (χ4v) is 3.26. The topological polar surface area (TPSA) is 76.9 Å². The summed E-state index contributed by atoms with van der Waals surface area (Å²) in [6.45, 7) is 5.83. The summed E-state index contributed by atoms with van der Waals surface area (Å²) in [5.41, 5.74) is 1.18. The summed E-state index contributed by atoms with van der Waals surface area (Å²) in [5, 5.41) is 3.66. The predicted octanol–water partition coefficient (Wildman–Crippen LogP) is 2.48. The van der Waals surface area contributed by atoms with Crippen molar-refractivity contribution < 1.29 is 4.79 Å². The fraction of sp³-hybridized carbons (Fsp3) is 0.158. The number of nitrogens with one attached hydrogen (secondary N) is 1. The third-order valence-corrected chi connectivity index (χ3v) is 4.56. The molecule has 1 amide bonds. The minimum Gasteiger partial charge on any atom is -0.352 e. The average Bonchev–Trinajstić information content (AvgIpc) is 2.64. The molecule has 6 nitrogen and oxygen atoms in total. The minimum absolute atomic E-state index is 0.143. The van der Waals surface area contributed by atoms with Crippen molar-refractivity contribution >= 4 is 28.6 Å². The van der Waals surface area contributed by atoms with E-state index in [9.17, 15) is 9.59 Å². The van der Waals surface area contributed by atoms with E-state index in [1.807, 2.05) is 25.1 Å². The molecule has 0 aliphatic carbocycles. The van der Waals surface area contributed by atoms with Crippen molar-refractivity contribution in [2.75, 3.05) is 12.3 Å². The van der Waals surface area contributed by atoms with Crippen LogP contribution in [-0.4, -0.2) is 32.7 Å². The van der Waals surface area contributed by atoms with Gasteiger partial charge in [-0.2, -0.15) is 0 Å². The number of rotatable bonds is 6. The Kier molecular flexibility index (Phi) is 5.48. The van der Waals surface area contributed by atoms with E-state index in [-0.39, 0.29) is 17.2 Å². The molecule has 132 valence electrons. The number of nitrogens with zero attached hydrogens (tertiary/aromatic N) is 3. The van der Waals surface area contributed by atoms with Gasteiger partial charge in [0.05, 0.1) is 16.7 Å². The van der Waals surface area contributed by atoms with Gasteiger partial charge in [0.25, 0.3) is 5.56 Å². The van der Waals surface area contributed by atoms with Crippen LogP contribution in [0.3, 0.4) is 0 Å². The van der Waals surface area contributed by atoms with Crippen LogP contribution in [0, 0.1) is 6.92 Å². The molecule has 0 aliphatic rings. The van der Waals surface area contributed by atoms with Crippen LogP contribution in [0.5, 0.6) is 0 Å². The number of carbonyl (C=O) groups excluding carboxylic acids is 1. The first-order chi connectivity index (χ1) is 12.6. The maximum atomic E-state index is 13.0. The number of benzene rings is 1. The van der Waals surface area contributed by atoms with Gasteiger partial charge < -0.3 is 5.32 Å². The summed E-state index contributed by atoms with van der Waals surface area (Å²) in [6.07, 6.45) is 1.61.